The number of rotatable bonds is 9. The van der Waals surface area contributed by atoms with Crippen LogP contribution in [0.1, 0.15) is 34.5 Å². The minimum absolute atomic E-state index is 0.0293. The van der Waals surface area contributed by atoms with E-state index >= 15 is 0 Å². The number of amides is 1. The molecule has 0 heterocycles. The van der Waals surface area contributed by atoms with E-state index in [1.54, 1.807) is 0 Å². The summed E-state index contributed by atoms with van der Waals surface area (Å²) in [4.78, 5) is 24.2. The molecule has 0 saturated carbocycles. The zero-order valence-corrected chi connectivity index (χ0v) is 18.9. The van der Waals surface area contributed by atoms with Gasteiger partial charge in [-0.1, -0.05) is 72.8 Å². The van der Waals surface area contributed by atoms with Gasteiger partial charge in [0.1, 0.15) is 0 Å². The third-order valence-corrected chi connectivity index (χ3v) is 6.97. The Balaban J connectivity index is 1.72. The molecular weight excluding hydrogens is 424 g/mol. The first-order valence-corrected chi connectivity index (χ1v) is 11.7. The first-order valence-electron chi connectivity index (χ1n) is 10.2. The van der Waals surface area contributed by atoms with Crippen molar-refractivity contribution in [1.29, 1.82) is 0 Å². The Bertz CT molecular complexity index is 1160. The molecule has 0 fully saturated rings. The molecule has 1 unspecified atom stereocenters. The lowest BCUT2D eigenvalue weighted by molar-refractivity contribution is -0.121. The molecule has 3 aromatic rings. The topological polar surface area (TPSA) is 83.6 Å². The highest BCUT2D eigenvalue weighted by molar-refractivity contribution is 7.89. The van der Waals surface area contributed by atoms with Gasteiger partial charge in [-0.05, 0) is 36.6 Å². The monoisotopic (exact) mass is 450 g/mol. The number of Topliss-reactive ketones (excluding diaryl/α,β-unsaturated/α-hetero) is 1. The van der Waals surface area contributed by atoms with Crippen molar-refractivity contribution in [3.05, 3.63) is 102 Å². The number of hydrogen-bond acceptors (Lipinski definition) is 4. The predicted octanol–water partition coefficient (Wildman–Crippen LogP) is 3.61. The van der Waals surface area contributed by atoms with Gasteiger partial charge in [-0.2, -0.15) is 4.31 Å². The van der Waals surface area contributed by atoms with Crippen molar-refractivity contribution < 1.29 is 18.0 Å². The van der Waals surface area contributed by atoms with Gasteiger partial charge in [-0.25, -0.2) is 8.42 Å². The van der Waals surface area contributed by atoms with Crippen molar-refractivity contribution in [3.63, 3.8) is 0 Å². The summed E-state index contributed by atoms with van der Waals surface area (Å²) in [6.07, 6.45) is 0.583. The molecule has 1 amide bonds. The van der Waals surface area contributed by atoms with E-state index in [4.69, 9.17) is 0 Å². The van der Waals surface area contributed by atoms with E-state index < -0.39 is 15.9 Å². The Morgan fingerprint density at radius 2 is 1.44 bits per heavy atom. The molecule has 7 heteroatoms. The number of likely N-dealkylation sites (N-methyl/N-ethyl adjacent to an activating group) is 1. The van der Waals surface area contributed by atoms with Crippen molar-refractivity contribution >= 4 is 21.7 Å². The summed E-state index contributed by atoms with van der Waals surface area (Å²) < 4.78 is 26.7. The maximum absolute atomic E-state index is 12.9. The van der Waals surface area contributed by atoms with Gasteiger partial charge in [0.2, 0.25) is 15.9 Å². The zero-order chi connectivity index (χ0) is 23.1. The number of nitrogens with one attached hydrogen (secondary N) is 1. The van der Waals surface area contributed by atoms with Crippen molar-refractivity contribution in [2.75, 3.05) is 13.6 Å². The van der Waals surface area contributed by atoms with E-state index in [0.29, 0.717) is 12.0 Å². The molecule has 0 radical (unpaired) electrons. The van der Waals surface area contributed by atoms with Gasteiger partial charge >= 0.3 is 0 Å². The van der Waals surface area contributed by atoms with Crippen LogP contribution in [0.15, 0.2) is 89.8 Å². The molecule has 166 valence electrons. The maximum atomic E-state index is 12.9. The third kappa shape index (κ3) is 5.90. The highest BCUT2D eigenvalue weighted by Gasteiger charge is 2.24. The van der Waals surface area contributed by atoms with E-state index in [9.17, 15) is 18.0 Å². The molecule has 3 aromatic carbocycles. The van der Waals surface area contributed by atoms with Gasteiger partial charge in [-0.3, -0.25) is 9.59 Å². The first-order chi connectivity index (χ1) is 15.3. The summed E-state index contributed by atoms with van der Waals surface area (Å²) >= 11 is 0. The summed E-state index contributed by atoms with van der Waals surface area (Å²) in [5.41, 5.74) is 2.43. The second-order valence-electron chi connectivity index (χ2n) is 7.56. The van der Waals surface area contributed by atoms with Crippen molar-refractivity contribution in [2.45, 2.75) is 24.3 Å². The molecule has 6 nitrogen and oxygen atoms in total. The van der Waals surface area contributed by atoms with Gasteiger partial charge in [0, 0.05) is 12.6 Å². The van der Waals surface area contributed by atoms with Gasteiger partial charge in [-0.15, -0.1) is 0 Å². The maximum Gasteiger partial charge on any atom is 0.243 e. The van der Waals surface area contributed by atoms with Crippen LogP contribution in [0.3, 0.4) is 0 Å². The van der Waals surface area contributed by atoms with Crippen LogP contribution in [0.5, 0.6) is 0 Å². The van der Waals surface area contributed by atoms with Crippen molar-refractivity contribution in [1.82, 2.24) is 9.62 Å². The van der Waals surface area contributed by atoms with E-state index in [1.165, 1.54) is 38.2 Å². The summed E-state index contributed by atoms with van der Waals surface area (Å²) in [5.74, 6) is -0.548. The van der Waals surface area contributed by atoms with Crippen LogP contribution in [0, 0.1) is 0 Å². The average molecular weight is 451 g/mol. The molecule has 0 aromatic heterocycles. The quantitative estimate of drug-likeness (QED) is 0.505. The van der Waals surface area contributed by atoms with Gasteiger partial charge in [0.25, 0.3) is 0 Å². The molecule has 0 bridgehead atoms. The Labute approximate surface area is 188 Å². The number of sulfonamides is 1. The number of carbonyl (C=O) groups excluding carboxylic acids is 2. The lowest BCUT2D eigenvalue weighted by Crippen LogP contribution is -2.40. The summed E-state index contributed by atoms with van der Waals surface area (Å²) in [5, 5.41) is 2.97. The van der Waals surface area contributed by atoms with Crippen LogP contribution in [0.25, 0.3) is 0 Å². The Kier molecular flexibility index (Phi) is 7.56. The fraction of sp³-hybridized carbons (Fsp3) is 0.200. The molecule has 0 aliphatic rings. The van der Waals surface area contributed by atoms with Crippen LogP contribution in [-0.4, -0.2) is 38.0 Å². The summed E-state index contributed by atoms with van der Waals surface area (Å²) in [6, 6.07) is 24.8. The molecular formula is C25H26N2O4S. The second kappa shape index (κ2) is 10.3. The highest BCUT2D eigenvalue weighted by atomic mass is 32.2. The summed E-state index contributed by atoms with van der Waals surface area (Å²) in [7, 11) is -2.51. The lowest BCUT2D eigenvalue weighted by Gasteiger charge is -2.22. The number of ketones is 1. The number of carbonyl (C=O) groups is 2. The number of hydrogen-bond donors (Lipinski definition) is 1. The Morgan fingerprint density at radius 3 is 2.00 bits per heavy atom. The number of nitrogens with zero attached hydrogens (tertiary/aromatic N) is 1. The van der Waals surface area contributed by atoms with Crippen LogP contribution >= 0.6 is 0 Å². The lowest BCUT2D eigenvalue weighted by atomic mass is 9.99. The minimum Gasteiger partial charge on any atom is -0.348 e. The molecule has 32 heavy (non-hydrogen) atoms. The van der Waals surface area contributed by atoms with Gasteiger partial charge in [0.15, 0.2) is 5.78 Å². The molecule has 1 N–H and O–H groups in total. The second-order valence-corrected chi connectivity index (χ2v) is 9.61. The van der Waals surface area contributed by atoms with E-state index in [0.717, 1.165) is 15.4 Å². The molecule has 0 aliphatic heterocycles. The first kappa shape index (κ1) is 23.4. The molecule has 0 spiro atoms. The average Bonchev–Trinajstić information content (AvgIpc) is 2.80. The number of benzene rings is 3. The van der Waals surface area contributed by atoms with Crippen LogP contribution in [-0.2, 0) is 21.2 Å². The largest absolute Gasteiger partial charge is 0.348 e. The zero-order valence-electron chi connectivity index (χ0n) is 18.1. The molecule has 0 aliphatic carbocycles. The summed E-state index contributed by atoms with van der Waals surface area (Å²) in [6.45, 7) is 1.09. The van der Waals surface area contributed by atoms with E-state index in [1.807, 2.05) is 60.7 Å². The molecule has 0 saturated heterocycles. The van der Waals surface area contributed by atoms with Gasteiger partial charge in [0.05, 0.1) is 17.5 Å². The molecule has 3 rings (SSSR count). The van der Waals surface area contributed by atoms with Gasteiger partial charge < -0.3 is 5.32 Å². The normalized spacial score (nSPS) is 12.3. The Hall–Kier alpha value is -3.29. The van der Waals surface area contributed by atoms with Crippen LogP contribution in [0.2, 0.25) is 0 Å². The fourth-order valence-electron chi connectivity index (χ4n) is 3.36. The SMILES string of the molecule is CC(=O)c1ccc(S(=O)(=O)N(C)CC(=O)NC(Cc2ccccc2)c2ccccc2)cc1. The highest BCUT2D eigenvalue weighted by Crippen LogP contribution is 2.19. The predicted molar refractivity (Wildman–Crippen MR) is 124 cm³/mol. The van der Waals surface area contributed by atoms with Crippen molar-refractivity contribution in [2.24, 2.45) is 0 Å². The standard InChI is InChI=1S/C25H26N2O4S/c1-19(28)21-13-15-23(16-14-21)32(30,31)27(2)18-25(29)26-24(22-11-7-4-8-12-22)17-20-9-5-3-6-10-20/h3-16,24H,17-18H2,1-2H3,(H,26,29). The van der Waals surface area contributed by atoms with Crippen molar-refractivity contribution in [3.8, 4) is 0 Å². The van der Waals surface area contributed by atoms with Crippen LogP contribution in [0.4, 0.5) is 0 Å². The van der Waals surface area contributed by atoms with E-state index in [-0.39, 0.29) is 23.3 Å². The minimum atomic E-state index is -3.87. The Morgan fingerprint density at radius 1 is 0.875 bits per heavy atom. The fourth-order valence-corrected chi connectivity index (χ4v) is 4.48. The van der Waals surface area contributed by atoms with E-state index in [2.05, 4.69) is 5.32 Å². The van der Waals surface area contributed by atoms with Crippen LogP contribution < -0.4 is 5.32 Å². The third-order valence-electron chi connectivity index (χ3n) is 5.16. The smallest absolute Gasteiger partial charge is 0.243 e. The molecule has 1 atom stereocenters.